The van der Waals surface area contributed by atoms with Gasteiger partial charge in [-0.25, -0.2) is 4.79 Å². The Morgan fingerprint density at radius 3 is 2.54 bits per heavy atom. The first-order chi connectivity index (χ1) is 12.5. The third-order valence-electron chi connectivity index (χ3n) is 3.71. The SMILES string of the molecule is Cn1c(=O)[nH]cc(C(=O)C=Cc2cccc(Oc3ccccc3)c2)c1=O. The fourth-order valence-corrected chi connectivity index (χ4v) is 2.31. The van der Waals surface area contributed by atoms with Gasteiger partial charge in [0.1, 0.15) is 17.1 Å². The summed E-state index contributed by atoms with van der Waals surface area (Å²) in [5.74, 6) is 0.850. The molecule has 6 heteroatoms. The van der Waals surface area contributed by atoms with Gasteiger partial charge in [-0.3, -0.25) is 14.2 Å². The Balaban J connectivity index is 1.79. The van der Waals surface area contributed by atoms with E-state index < -0.39 is 17.0 Å². The van der Waals surface area contributed by atoms with Crippen LogP contribution >= 0.6 is 0 Å². The molecule has 1 N–H and O–H groups in total. The Kier molecular flexibility index (Phi) is 4.94. The van der Waals surface area contributed by atoms with Gasteiger partial charge in [-0.1, -0.05) is 36.4 Å². The summed E-state index contributed by atoms with van der Waals surface area (Å²) < 4.78 is 6.60. The van der Waals surface area contributed by atoms with Gasteiger partial charge in [-0.2, -0.15) is 0 Å². The average molecular weight is 348 g/mol. The number of H-pyrrole nitrogens is 1. The minimum atomic E-state index is -0.635. The van der Waals surface area contributed by atoms with E-state index in [0.717, 1.165) is 16.3 Å². The van der Waals surface area contributed by atoms with Crippen LogP contribution in [0.25, 0.3) is 6.08 Å². The van der Waals surface area contributed by atoms with Gasteiger partial charge >= 0.3 is 5.69 Å². The van der Waals surface area contributed by atoms with Gasteiger partial charge in [0.25, 0.3) is 5.56 Å². The van der Waals surface area contributed by atoms with Crippen LogP contribution in [-0.2, 0) is 7.05 Å². The first-order valence-corrected chi connectivity index (χ1v) is 7.89. The summed E-state index contributed by atoms with van der Waals surface area (Å²) in [6, 6.07) is 16.6. The highest BCUT2D eigenvalue weighted by Gasteiger charge is 2.10. The minimum absolute atomic E-state index is 0.0972. The van der Waals surface area contributed by atoms with Gasteiger partial charge in [0.05, 0.1) is 0 Å². The number of hydrogen-bond acceptors (Lipinski definition) is 4. The van der Waals surface area contributed by atoms with Crippen LogP contribution in [0.1, 0.15) is 15.9 Å². The first-order valence-electron chi connectivity index (χ1n) is 7.89. The number of aromatic amines is 1. The second-order valence-electron chi connectivity index (χ2n) is 5.56. The molecule has 0 saturated heterocycles. The molecule has 3 rings (SSSR count). The van der Waals surface area contributed by atoms with Crippen molar-refractivity contribution in [2.45, 2.75) is 0 Å². The predicted octanol–water partition coefficient (Wildman–Crippen LogP) is 2.76. The minimum Gasteiger partial charge on any atom is -0.457 e. The summed E-state index contributed by atoms with van der Waals surface area (Å²) in [7, 11) is 1.31. The standard InChI is InChI=1S/C20H16N2O4/c1-22-19(24)17(13-21-20(22)25)18(23)11-10-14-6-5-9-16(12-14)26-15-7-3-2-4-8-15/h2-13H,1H3,(H,21,25). The van der Waals surface area contributed by atoms with E-state index in [1.807, 2.05) is 42.5 Å². The number of benzene rings is 2. The molecule has 130 valence electrons. The van der Waals surface area contributed by atoms with Crippen molar-refractivity contribution >= 4 is 11.9 Å². The van der Waals surface area contributed by atoms with Crippen LogP contribution in [0.3, 0.4) is 0 Å². The highest BCUT2D eigenvalue weighted by molar-refractivity contribution is 6.06. The number of rotatable bonds is 5. The molecule has 0 unspecified atom stereocenters. The topological polar surface area (TPSA) is 81.2 Å². The number of aromatic nitrogens is 2. The van der Waals surface area contributed by atoms with E-state index in [4.69, 9.17) is 4.74 Å². The maximum absolute atomic E-state index is 12.2. The molecule has 6 nitrogen and oxygen atoms in total. The molecule has 0 aliphatic heterocycles. The molecule has 0 fully saturated rings. The highest BCUT2D eigenvalue weighted by Crippen LogP contribution is 2.22. The second kappa shape index (κ2) is 7.48. The number of para-hydroxylation sites is 1. The Morgan fingerprint density at radius 2 is 1.77 bits per heavy atom. The lowest BCUT2D eigenvalue weighted by Crippen LogP contribution is -2.35. The molecule has 0 aliphatic carbocycles. The molecule has 0 spiro atoms. The molecule has 2 aromatic carbocycles. The predicted molar refractivity (Wildman–Crippen MR) is 98.6 cm³/mol. The van der Waals surface area contributed by atoms with Crippen molar-refractivity contribution in [2.24, 2.45) is 7.05 Å². The van der Waals surface area contributed by atoms with E-state index in [-0.39, 0.29) is 5.56 Å². The fourth-order valence-electron chi connectivity index (χ4n) is 2.31. The van der Waals surface area contributed by atoms with Gasteiger partial charge in [-0.05, 0) is 35.9 Å². The molecule has 0 radical (unpaired) electrons. The molecular weight excluding hydrogens is 332 g/mol. The number of hydrogen-bond donors (Lipinski definition) is 1. The molecule has 3 aromatic rings. The lowest BCUT2D eigenvalue weighted by atomic mass is 10.1. The largest absolute Gasteiger partial charge is 0.457 e. The summed E-state index contributed by atoms with van der Waals surface area (Å²) in [6.45, 7) is 0. The summed E-state index contributed by atoms with van der Waals surface area (Å²) in [5.41, 5.74) is -0.557. The van der Waals surface area contributed by atoms with Crippen LogP contribution in [-0.4, -0.2) is 15.3 Å². The summed E-state index contributed by atoms with van der Waals surface area (Å²) in [4.78, 5) is 37.9. The van der Waals surface area contributed by atoms with Crippen LogP contribution in [0.2, 0.25) is 0 Å². The second-order valence-corrected chi connectivity index (χ2v) is 5.56. The Morgan fingerprint density at radius 1 is 1.04 bits per heavy atom. The first kappa shape index (κ1) is 17.2. The van der Waals surface area contributed by atoms with Crippen LogP contribution < -0.4 is 16.0 Å². The maximum Gasteiger partial charge on any atom is 0.328 e. The highest BCUT2D eigenvalue weighted by atomic mass is 16.5. The quantitative estimate of drug-likeness (QED) is 0.568. The zero-order valence-electron chi connectivity index (χ0n) is 14.0. The van der Waals surface area contributed by atoms with E-state index in [2.05, 4.69) is 4.98 Å². The molecule has 26 heavy (non-hydrogen) atoms. The lowest BCUT2D eigenvalue weighted by molar-refractivity contribution is 0.104. The Labute approximate surface area is 149 Å². The van der Waals surface area contributed by atoms with Crippen LogP contribution in [0.15, 0.2) is 76.5 Å². The fraction of sp³-hybridized carbons (Fsp3) is 0.0500. The number of ether oxygens (including phenoxy) is 1. The van der Waals surface area contributed by atoms with Gasteiger partial charge in [-0.15, -0.1) is 0 Å². The maximum atomic E-state index is 12.2. The van der Waals surface area contributed by atoms with Crippen molar-refractivity contribution in [3.8, 4) is 11.5 Å². The number of carbonyl (C=O) groups is 1. The molecule has 0 aliphatic rings. The van der Waals surface area contributed by atoms with Crippen LogP contribution in [0, 0.1) is 0 Å². The van der Waals surface area contributed by atoms with Gasteiger partial charge in [0.15, 0.2) is 5.78 Å². The van der Waals surface area contributed by atoms with Crippen molar-refractivity contribution in [3.63, 3.8) is 0 Å². The van der Waals surface area contributed by atoms with Crippen molar-refractivity contribution in [1.29, 1.82) is 0 Å². The van der Waals surface area contributed by atoms with Crippen LogP contribution in [0.5, 0.6) is 11.5 Å². The van der Waals surface area contributed by atoms with Gasteiger partial charge in [0, 0.05) is 13.2 Å². The Bertz CT molecular complexity index is 1080. The number of allylic oxidation sites excluding steroid dienone is 1. The van der Waals surface area contributed by atoms with Crippen LogP contribution in [0.4, 0.5) is 0 Å². The molecule has 1 heterocycles. The molecule has 0 atom stereocenters. The third-order valence-corrected chi connectivity index (χ3v) is 3.71. The molecule has 0 bridgehead atoms. The molecule has 0 amide bonds. The third kappa shape index (κ3) is 3.87. The van der Waals surface area contributed by atoms with Crippen molar-refractivity contribution in [2.75, 3.05) is 0 Å². The van der Waals surface area contributed by atoms with Crippen molar-refractivity contribution in [3.05, 3.63) is 98.8 Å². The monoisotopic (exact) mass is 348 g/mol. The van der Waals surface area contributed by atoms with E-state index in [0.29, 0.717) is 11.5 Å². The van der Waals surface area contributed by atoms with Gasteiger partial charge in [0.2, 0.25) is 0 Å². The number of ketones is 1. The number of carbonyl (C=O) groups excluding carboxylic acids is 1. The van der Waals surface area contributed by atoms with E-state index in [1.54, 1.807) is 18.2 Å². The van der Waals surface area contributed by atoms with E-state index >= 15 is 0 Å². The smallest absolute Gasteiger partial charge is 0.328 e. The van der Waals surface area contributed by atoms with Crippen molar-refractivity contribution < 1.29 is 9.53 Å². The lowest BCUT2D eigenvalue weighted by Gasteiger charge is -2.05. The summed E-state index contributed by atoms with van der Waals surface area (Å²) >= 11 is 0. The number of nitrogens with zero attached hydrogens (tertiary/aromatic N) is 1. The normalized spacial score (nSPS) is 10.8. The zero-order valence-corrected chi connectivity index (χ0v) is 14.0. The average Bonchev–Trinajstić information content (AvgIpc) is 2.65. The molecule has 1 aromatic heterocycles. The van der Waals surface area contributed by atoms with Gasteiger partial charge < -0.3 is 9.72 Å². The zero-order chi connectivity index (χ0) is 18.5. The Hall–Kier alpha value is -3.67. The molecular formula is C20H16N2O4. The van der Waals surface area contributed by atoms with E-state index in [1.165, 1.54) is 13.1 Å². The molecule has 0 saturated carbocycles. The summed E-state index contributed by atoms with van der Waals surface area (Å²) in [5, 5.41) is 0. The number of nitrogens with one attached hydrogen (secondary N) is 1. The van der Waals surface area contributed by atoms with Crippen molar-refractivity contribution in [1.82, 2.24) is 9.55 Å². The van der Waals surface area contributed by atoms with E-state index in [9.17, 15) is 14.4 Å². The summed E-state index contributed by atoms with van der Waals surface area (Å²) in [6.07, 6.45) is 4.01.